The van der Waals surface area contributed by atoms with Gasteiger partial charge in [0.25, 0.3) is 0 Å². The predicted molar refractivity (Wildman–Crippen MR) is 107 cm³/mol. The normalized spacial score (nSPS) is 15.8. The van der Waals surface area contributed by atoms with Crippen molar-refractivity contribution in [2.24, 2.45) is 0 Å². The Morgan fingerprint density at radius 3 is 2.04 bits per heavy atom. The Hall–Kier alpha value is -1.65. The van der Waals surface area contributed by atoms with E-state index in [0.717, 1.165) is 44.5 Å². The summed E-state index contributed by atoms with van der Waals surface area (Å²) in [5.41, 5.74) is 1.17. The maximum Gasteiger partial charge on any atom is 0.152 e. The van der Waals surface area contributed by atoms with Crippen LogP contribution in [0.15, 0.2) is 48.5 Å². The van der Waals surface area contributed by atoms with Gasteiger partial charge in [-0.05, 0) is 80.5 Å². The first kappa shape index (κ1) is 21.6. The van der Waals surface area contributed by atoms with E-state index in [0.29, 0.717) is 0 Å². The van der Waals surface area contributed by atoms with Crippen LogP contribution < -0.4 is 4.74 Å². The van der Waals surface area contributed by atoms with Crippen molar-refractivity contribution in [1.82, 2.24) is 4.90 Å². The van der Waals surface area contributed by atoms with Crippen molar-refractivity contribution in [2.75, 3.05) is 13.1 Å². The SMILES string of the molecule is Cl.Fc1ccc(CCCCC(Oc2ccc(F)cc2)N2CCCCC2)cc1. The number of ether oxygens (including phenoxy) is 1. The van der Waals surface area contributed by atoms with Gasteiger partial charge in [-0.15, -0.1) is 12.4 Å². The van der Waals surface area contributed by atoms with Gasteiger partial charge in [-0.2, -0.15) is 0 Å². The third kappa shape index (κ3) is 7.11. The molecule has 0 bridgehead atoms. The van der Waals surface area contributed by atoms with Gasteiger partial charge in [-0.3, -0.25) is 4.90 Å². The lowest BCUT2D eigenvalue weighted by Crippen LogP contribution is -2.42. The van der Waals surface area contributed by atoms with E-state index in [-0.39, 0.29) is 30.3 Å². The second-order valence-corrected chi connectivity index (χ2v) is 7.00. The van der Waals surface area contributed by atoms with Crippen molar-refractivity contribution in [1.29, 1.82) is 0 Å². The number of nitrogens with zero attached hydrogens (tertiary/aromatic N) is 1. The number of piperidine rings is 1. The minimum Gasteiger partial charge on any atom is -0.475 e. The summed E-state index contributed by atoms with van der Waals surface area (Å²) >= 11 is 0. The molecule has 0 aromatic heterocycles. The van der Waals surface area contributed by atoms with Crippen molar-refractivity contribution in [3.63, 3.8) is 0 Å². The topological polar surface area (TPSA) is 12.5 Å². The zero-order valence-electron chi connectivity index (χ0n) is 15.6. The molecule has 1 fully saturated rings. The van der Waals surface area contributed by atoms with Crippen molar-refractivity contribution < 1.29 is 13.5 Å². The lowest BCUT2D eigenvalue weighted by molar-refractivity contribution is 0.00480. The van der Waals surface area contributed by atoms with Gasteiger partial charge >= 0.3 is 0 Å². The van der Waals surface area contributed by atoms with Crippen molar-refractivity contribution in [3.05, 3.63) is 65.7 Å². The van der Waals surface area contributed by atoms with Crippen molar-refractivity contribution in [2.45, 2.75) is 51.2 Å². The maximum absolute atomic E-state index is 13.1. The summed E-state index contributed by atoms with van der Waals surface area (Å²) in [5.74, 6) is 0.290. The van der Waals surface area contributed by atoms with E-state index in [4.69, 9.17) is 4.74 Å². The zero-order chi connectivity index (χ0) is 18.2. The molecule has 0 spiro atoms. The number of unbranched alkanes of at least 4 members (excludes halogenated alkanes) is 1. The van der Waals surface area contributed by atoms with Gasteiger partial charge in [0.1, 0.15) is 17.4 Å². The van der Waals surface area contributed by atoms with E-state index in [1.54, 1.807) is 12.1 Å². The van der Waals surface area contributed by atoms with Gasteiger partial charge < -0.3 is 4.74 Å². The van der Waals surface area contributed by atoms with Crippen molar-refractivity contribution >= 4 is 12.4 Å². The van der Waals surface area contributed by atoms with E-state index in [2.05, 4.69) is 4.90 Å². The maximum atomic E-state index is 13.1. The van der Waals surface area contributed by atoms with Gasteiger partial charge in [-0.25, -0.2) is 8.78 Å². The summed E-state index contributed by atoms with van der Waals surface area (Å²) in [6.45, 7) is 2.12. The summed E-state index contributed by atoms with van der Waals surface area (Å²) in [6, 6.07) is 13.0. The van der Waals surface area contributed by atoms with Crippen LogP contribution in [-0.2, 0) is 6.42 Å². The highest BCUT2D eigenvalue weighted by molar-refractivity contribution is 5.85. The fourth-order valence-corrected chi connectivity index (χ4v) is 3.49. The quantitative estimate of drug-likeness (QED) is 0.509. The third-order valence-electron chi connectivity index (χ3n) is 4.96. The zero-order valence-corrected chi connectivity index (χ0v) is 16.4. The molecule has 1 aliphatic rings. The number of halogens is 3. The van der Waals surface area contributed by atoms with Gasteiger partial charge in [0.2, 0.25) is 0 Å². The summed E-state index contributed by atoms with van der Waals surface area (Å²) < 4.78 is 32.3. The van der Waals surface area contributed by atoms with Gasteiger partial charge in [-0.1, -0.05) is 18.6 Å². The molecule has 2 aromatic rings. The lowest BCUT2D eigenvalue weighted by atomic mass is 10.1. The first-order valence-corrected chi connectivity index (χ1v) is 9.61. The molecular weight excluding hydrogens is 368 g/mol. The summed E-state index contributed by atoms with van der Waals surface area (Å²) in [5, 5.41) is 0. The molecule has 5 heteroatoms. The number of aryl methyl sites for hydroxylation is 1. The first-order chi connectivity index (χ1) is 12.7. The second-order valence-electron chi connectivity index (χ2n) is 7.00. The monoisotopic (exact) mass is 395 g/mol. The van der Waals surface area contributed by atoms with Crippen LogP contribution in [0.4, 0.5) is 8.78 Å². The van der Waals surface area contributed by atoms with Gasteiger partial charge in [0, 0.05) is 13.1 Å². The Balaban J connectivity index is 0.00000261. The van der Waals surface area contributed by atoms with Crippen LogP contribution in [0.1, 0.15) is 44.1 Å². The van der Waals surface area contributed by atoms with E-state index in [1.165, 1.54) is 49.1 Å². The summed E-state index contributed by atoms with van der Waals surface area (Å²) in [4.78, 5) is 2.41. The molecule has 1 saturated heterocycles. The molecule has 0 amide bonds. The minimum atomic E-state index is -0.244. The predicted octanol–water partition coefficient (Wildman–Crippen LogP) is 5.99. The highest BCUT2D eigenvalue weighted by atomic mass is 35.5. The molecule has 0 aliphatic carbocycles. The van der Waals surface area contributed by atoms with Crippen LogP contribution in [0.5, 0.6) is 5.75 Å². The lowest BCUT2D eigenvalue weighted by Gasteiger charge is -2.34. The molecule has 1 unspecified atom stereocenters. The molecule has 1 heterocycles. The van der Waals surface area contributed by atoms with Crippen LogP contribution in [0.25, 0.3) is 0 Å². The van der Waals surface area contributed by atoms with Crippen LogP contribution in [-0.4, -0.2) is 24.2 Å². The van der Waals surface area contributed by atoms with E-state index in [1.807, 2.05) is 12.1 Å². The van der Waals surface area contributed by atoms with Gasteiger partial charge in [0.15, 0.2) is 6.23 Å². The third-order valence-corrected chi connectivity index (χ3v) is 4.96. The molecule has 148 valence electrons. The average Bonchev–Trinajstić information content (AvgIpc) is 2.68. The van der Waals surface area contributed by atoms with Gasteiger partial charge in [0.05, 0.1) is 0 Å². The Kier molecular flexibility index (Phi) is 9.02. The number of rotatable bonds is 8. The van der Waals surface area contributed by atoms with Crippen LogP contribution in [0.2, 0.25) is 0 Å². The van der Waals surface area contributed by atoms with E-state index >= 15 is 0 Å². The molecule has 2 nitrogen and oxygen atoms in total. The molecule has 1 aliphatic heterocycles. The molecule has 27 heavy (non-hydrogen) atoms. The van der Waals surface area contributed by atoms with E-state index < -0.39 is 0 Å². The highest BCUT2D eigenvalue weighted by Crippen LogP contribution is 2.21. The average molecular weight is 396 g/mol. The molecule has 3 rings (SSSR count). The second kappa shape index (κ2) is 11.3. The van der Waals surface area contributed by atoms with Crippen LogP contribution >= 0.6 is 12.4 Å². The summed E-state index contributed by atoms with van der Waals surface area (Å²) in [6.07, 6.45) is 7.71. The molecule has 0 N–H and O–H groups in total. The Morgan fingerprint density at radius 2 is 1.41 bits per heavy atom. The minimum absolute atomic E-state index is 0. The fraction of sp³-hybridized carbons (Fsp3) is 0.455. The molecule has 2 aromatic carbocycles. The highest BCUT2D eigenvalue weighted by Gasteiger charge is 2.21. The smallest absolute Gasteiger partial charge is 0.152 e. The Morgan fingerprint density at radius 1 is 0.815 bits per heavy atom. The molecule has 0 saturated carbocycles. The first-order valence-electron chi connectivity index (χ1n) is 9.61. The Labute approximate surface area is 166 Å². The number of hydrogen-bond acceptors (Lipinski definition) is 2. The van der Waals surface area contributed by atoms with Crippen molar-refractivity contribution in [3.8, 4) is 5.75 Å². The number of benzene rings is 2. The molecular formula is C22H28ClF2NO. The summed E-state index contributed by atoms with van der Waals surface area (Å²) in [7, 11) is 0. The molecule has 0 radical (unpaired) electrons. The standard InChI is InChI=1S/C22H27F2NO.ClH/c23-19-10-8-18(9-11-19)6-2-3-7-22(25-16-4-1-5-17-25)26-21-14-12-20(24)13-15-21;/h8-15,22H,1-7,16-17H2;1H. The molecule has 1 atom stereocenters. The van der Waals surface area contributed by atoms with E-state index in [9.17, 15) is 8.78 Å². The van der Waals surface area contributed by atoms with Crippen LogP contribution in [0, 0.1) is 11.6 Å². The van der Waals surface area contributed by atoms with Crippen LogP contribution in [0.3, 0.4) is 0 Å². The Bertz CT molecular complexity index is 657. The fourth-order valence-electron chi connectivity index (χ4n) is 3.49. The number of likely N-dealkylation sites (tertiary alicyclic amines) is 1. The largest absolute Gasteiger partial charge is 0.475 e. The number of hydrogen-bond donors (Lipinski definition) is 0.